The van der Waals surface area contributed by atoms with Crippen LogP contribution in [0.5, 0.6) is 0 Å². The Bertz CT molecular complexity index is 1700. The van der Waals surface area contributed by atoms with Crippen molar-refractivity contribution in [3.8, 4) is 11.3 Å². The average molecular weight is 595 g/mol. The molecule has 5 aromatic rings. The minimum Gasteiger partial charge on any atom is -0.465 e. The molecule has 0 unspecified atom stereocenters. The fraction of sp³-hybridized carbons (Fsp3) is 0.0625. The summed E-state index contributed by atoms with van der Waals surface area (Å²) in [7, 11) is 0. The number of amides is 3. The van der Waals surface area contributed by atoms with Crippen LogP contribution in [0, 0.1) is 6.92 Å². The Morgan fingerprint density at radius 3 is 2.29 bits per heavy atom. The van der Waals surface area contributed by atoms with Gasteiger partial charge in [0.05, 0.1) is 17.7 Å². The molecule has 0 radical (unpaired) electrons. The van der Waals surface area contributed by atoms with Crippen LogP contribution in [0.15, 0.2) is 118 Å². The van der Waals surface area contributed by atoms with Gasteiger partial charge in [0.2, 0.25) is 5.91 Å². The standard InChI is InChI=1S/C32H26N4O4S2/c1-21-29(22-9-4-2-5-10-22)36-32(42-21)35-28(37)20-41-26-16-14-24(15-17-26)33-31(39)27(19-25-13-8-18-40-25)34-30(38)23-11-6-3-7-12-23/h2-19H,20H2,1H3,(H,33,39)(H,34,38)(H,35,36,37)/b27-19-. The molecule has 3 N–H and O–H groups in total. The molecule has 2 heterocycles. The smallest absolute Gasteiger partial charge is 0.272 e. The number of carbonyl (C=O) groups excluding carboxylic acids is 3. The molecule has 2 aromatic heterocycles. The van der Waals surface area contributed by atoms with Crippen molar-refractivity contribution in [2.24, 2.45) is 0 Å². The lowest BCUT2D eigenvalue weighted by molar-refractivity contribution is -0.114. The van der Waals surface area contributed by atoms with E-state index < -0.39 is 11.8 Å². The number of anilines is 2. The van der Waals surface area contributed by atoms with E-state index >= 15 is 0 Å². The van der Waals surface area contributed by atoms with Crippen LogP contribution in [0.4, 0.5) is 10.8 Å². The molecule has 0 spiro atoms. The van der Waals surface area contributed by atoms with Crippen molar-refractivity contribution in [1.82, 2.24) is 10.3 Å². The number of furan rings is 1. The van der Waals surface area contributed by atoms with E-state index in [1.807, 2.05) is 49.4 Å². The van der Waals surface area contributed by atoms with Gasteiger partial charge in [-0.05, 0) is 55.5 Å². The summed E-state index contributed by atoms with van der Waals surface area (Å²) < 4.78 is 5.33. The summed E-state index contributed by atoms with van der Waals surface area (Å²) in [5.74, 6) is -0.468. The van der Waals surface area contributed by atoms with Crippen LogP contribution in [-0.2, 0) is 9.59 Å². The number of aryl methyl sites for hydroxylation is 1. The molecule has 0 saturated heterocycles. The maximum atomic E-state index is 13.1. The highest BCUT2D eigenvalue weighted by Crippen LogP contribution is 2.30. The Kier molecular flexibility index (Phi) is 9.27. The number of hydrogen-bond acceptors (Lipinski definition) is 7. The first-order valence-corrected chi connectivity index (χ1v) is 14.7. The van der Waals surface area contributed by atoms with Crippen LogP contribution in [0.3, 0.4) is 0 Å². The molecule has 0 saturated carbocycles. The summed E-state index contributed by atoms with van der Waals surface area (Å²) in [5.41, 5.74) is 2.85. The SMILES string of the molecule is Cc1sc(NC(=O)CSc2ccc(NC(=O)/C(=C/c3ccco3)NC(=O)c3ccccc3)cc2)nc1-c1ccccc1. The van der Waals surface area contributed by atoms with Crippen LogP contribution in [-0.4, -0.2) is 28.5 Å². The quantitative estimate of drug-likeness (QED) is 0.120. The second kappa shape index (κ2) is 13.6. The topological polar surface area (TPSA) is 113 Å². The second-order valence-corrected chi connectivity index (χ2v) is 11.3. The van der Waals surface area contributed by atoms with E-state index in [4.69, 9.17) is 4.42 Å². The highest BCUT2D eigenvalue weighted by molar-refractivity contribution is 8.00. The van der Waals surface area contributed by atoms with Crippen LogP contribution in [0.1, 0.15) is 21.0 Å². The Morgan fingerprint density at radius 1 is 0.881 bits per heavy atom. The van der Waals surface area contributed by atoms with E-state index in [9.17, 15) is 14.4 Å². The number of hydrogen-bond donors (Lipinski definition) is 3. The number of thioether (sulfide) groups is 1. The highest BCUT2D eigenvalue weighted by atomic mass is 32.2. The lowest BCUT2D eigenvalue weighted by Crippen LogP contribution is -2.30. The fourth-order valence-corrected chi connectivity index (χ4v) is 5.46. The van der Waals surface area contributed by atoms with Crippen LogP contribution in [0.2, 0.25) is 0 Å². The molecule has 42 heavy (non-hydrogen) atoms. The summed E-state index contributed by atoms with van der Waals surface area (Å²) in [5, 5.41) is 8.91. The number of nitrogens with one attached hydrogen (secondary N) is 3. The molecule has 210 valence electrons. The Hall–Kier alpha value is -4.93. The molecule has 0 fully saturated rings. The summed E-state index contributed by atoms with van der Waals surface area (Å²) in [4.78, 5) is 44.9. The Labute approximate surface area is 250 Å². The number of aromatic nitrogens is 1. The van der Waals surface area contributed by atoms with Crippen molar-refractivity contribution in [1.29, 1.82) is 0 Å². The minimum atomic E-state index is -0.510. The lowest BCUT2D eigenvalue weighted by Gasteiger charge is -2.11. The van der Waals surface area contributed by atoms with Crippen molar-refractivity contribution in [3.05, 3.63) is 125 Å². The largest absolute Gasteiger partial charge is 0.465 e. The average Bonchev–Trinajstić information content (AvgIpc) is 3.66. The van der Waals surface area contributed by atoms with Gasteiger partial charge in [-0.1, -0.05) is 48.5 Å². The molecule has 10 heteroatoms. The summed E-state index contributed by atoms with van der Waals surface area (Å²) in [6.07, 6.45) is 2.95. The Morgan fingerprint density at radius 2 is 1.60 bits per heavy atom. The van der Waals surface area contributed by atoms with Gasteiger partial charge in [0.15, 0.2) is 5.13 Å². The van der Waals surface area contributed by atoms with E-state index in [1.54, 1.807) is 54.6 Å². The molecule has 0 atom stereocenters. The molecule has 0 aliphatic rings. The highest BCUT2D eigenvalue weighted by Gasteiger charge is 2.16. The predicted molar refractivity (Wildman–Crippen MR) is 167 cm³/mol. The van der Waals surface area contributed by atoms with E-state index in [0.29, 0.717) is 22.1 Å². The van der Waals surface area contributed by atoms with Gasteiger partial charge in [0.1, 0.15) is 11.5 Å². The number of benzene rings is 3. The van der Waals surface area contributed by atoms with Crippen molar-refractivity contribution in [3.63, 3.8) is 0 Å². The van der Waals surface area contributed by atoms with Crippen molar-refractivity contribution < 1.29 is 18.8 Å². The molecule has 3 amide bonds. The molecule has 0 aliphatic carbocycles. The monoisotopic (exact) mass is 594 g/mol. The number of nitrogens with zero attached hydrogens (tertiary/aromatic N) is 1. The number of carbonyl (C=O) groups is 3. The molecule has 5 rings (SSSR count). The minimum absolute atomic E-state index is 0.0294. The van der Waals surface area contributed by atoms with E-state index in [1.165, 1.54) is 35.4 Å². The van der Waals surface area contributed by atoms with Gasteiger partial charge >= 0.3 is 0 Å². The molecule has 0 bridgehead atoms. The van der Waals surface area contributed by atoms with Gasteiger partial charge in [0, 0.05) is 32.7 Å². The Balaban J connectivity index is 1.17. The molecular formula is C32H26N4O4S2. The van der Waals surface area contributed by atoms with Crippen LogP contribution >= 0.6 is 23.1 Å². The molecule has 3 aromatic carbocycles. The third-order valence-electron chi connectivity index (χ3n) is 5.93. The van der Waals surface area contributed by atoms with Crippen molar-refractivity contribution >= 4 is 57.7 Å². The van der Waals surface area contributed by atoms with E-state index in [0.717, 1.165) is 21.0 Å². The van der Waals surface area contributed by atoms with Gasteiger partial charge in [-0.2, -0.15) is 0 Å². The third-order valence-corrected chi connectivity index (χ3v) is 7.83. The first-order valence-electron chi connectivity index (χ1n) is 12.9. The summed E-state index contributed by atoms with van der Waals surface area (Å²) >= 11 is 2.81. The maximum absolute atomic E-state index is 13.1. The zero-order valence-corrected chi connectivity index (χ0v) is 24.1. The van der Waals surface area contributed by atoms with Crippen LogP contribution in [0.25, 0.3) is 17.3 Å². The maximum Gasteiger partial charge on any atom is 0.272 e. The van der Waals surface area contributed by atoms with E-state index in [-0.39, 0.29) is 17.4 Å². The summed E-state index contributed by atoms with van der Waals surface area (Å²) in [6, 6.07) is 28.9. The first kappa shape index (κ1) is 28.6. The molecule has 8 nitrogen and oxygen atoms in total. The normalized spacial score (nSPS) is 11.1. The second-order valence-electron chi connectivity index (χ2n) is 9.00. The van der Waals surface area contributed by atoms with E-state index in [2.05, 4.69) is 20.9 Å². The van der Waals surface area contributed by atoms with Gasteiger partial charge < -0.3 is 20.4 Å². The van der Waals surface area contributed by atoms with Crippen molar-refractivity contribution in [2.45, 2.75) is 11.8 Å². The number of rotatable bonds is 10. The van der Waals surface area contributed by atoms with Gasteiger partial charge in [-0.15, -0.1) is 23.1 Å². The number of thiazole rings is 1. The van der Waals surface area contributed by atoms with Crippen LogP contribution < -0.4 is 16.0 Å². The zero-order valence-electron chi connectivity index (χ0n) is 22.5. The lowest BCUT2D eigenvalue weighted by atomic mass is 10.1. The first-order chi connectivity index (χ1) is 20.4. The molecular weight excluding hydrogens is 569 g/mol. The zero-order chi connectivity index (χ0) is 29.3. The van der Waals surface area contributed by atoms with Gasteiger partial charge in [-0.25, -0.2) is 4.98 Å². The summed E-state index contributed by atoms with van der Waals surface area (Å²) in [6.45, 7) is 1.98. The van der Waals surface area contributed by atoms with Crippen molar-refractivity contribution in [2.75, 3.05) is 16.4 Å². The fourth-order valence-electron chi connectivity index (χ4n) is 3.91. The predicted octanol–water partition coefficient (Wildman–Crippen LogP) is 6.85. The van der Waals surface area contributed by atoms with Gasteiger partial charge in [-0.3, -0.25) is 14.4 Å². The van der Waals surface area contributed by atoms with Gasteiger partial charge in [0.25, 0.3) is 11.8 Å². The molecule has 0 aliphatic heterocycles. The third kappa shape index (κ3) is 7.62.